The Morgan fingerprint density at radius 3 is 2.69 bits per heavy atom. The maximum Gasteiger partial charge on any atom is 0.108 e. The summed E-state index contributed by atoms with van der Waals surface area (Å²) in [7, 11) is 0. The summed E-state index contributed by atoms with van der Waals surface area (Å²) in [5.74, 6) is 4.37. The van der Waals surface area contributed by atoms with Crippen LogP contribution in [0.4, 0.5) is 0 Å². The standard InChI is InChI=1S/C14H16O2/c1-2-7-16-12-6-5-11(15)13-9-3-4-10(8-9)14(12)13/h1,3-6,9-15H,7-8H2/t9-,10+,11+,12-,13+,14-/m0/s1. The largest absolute Gasteiger partial charge is 0.389 e. The van der Waals surface area contributed by atoms with E-state index in [1.807, 2.05) is 12.2 Å². The fraction of sp³-hybridized carbons (Fsp3) is 0.571. The van der Waals surface area contributed by atoms with Crippen LogP contribution in [0.5, 0.6) is 0 Å². The number of hydrogen-bond acceptors (Lipinski definition) is 2. The van der Waals surface area contributed by atoms with Gasteiger partial charge in [0.2, 0.25) is 0 Å². The summed E-state index contributed by atoms with van der Waals surface area (Å²) in [4.78, 5) is 0. The molecule has 0 saturated heterocycles. The molecule has 0 radical (unpaired) electrons. The third-order valence-electron chi connectivity index (χ3n) is 4.21. The van der Waals surface area contributed by atoms with E-state index in [1.165, 1.54) is 6.42 Å². The van der Waals surface area contributed by atoms with Crippen LogP contribution >= 0.6 is 0 Å². The number of terminal acetylenes is 1. The molecule has 6 atom stereocenters. The van der Waals surface area contributed by atoms with Crippen molar-refractivity contribution in [2.45, 2.75) is 18.6 Å². The quantitative estimate of drug-likeness (QED) is 0.558. The van der Waals surface area contributed by atoms with Gasteiger partial charge in [-0.15, -0.1) is 6.42 Å². The molecule has 0 heterocycles. The van der Waals surface area contributed by atoms with Crippen LogP contribution in [0.1, 0.15) is 6.42 Å². The summed E-state index contributed by atoms with van der Waals surface area (Å²) in [6, 6.07) is 0. The van der Waals surface area contributed by atoms with Crippen LogP contribution in [0.25, 0.3) is 0 Å². The predicted molar refractivity (Wildman–Crippen MR) is 61.4 cm³/mol. The van der Waals surface area contributed by atoms with Gasteiger partial charge in [-0.1, -0.05) is 30.2 Å². The highest BCUT2D eigenvalue weighted by Crippen LogP contribution is 2.53. The molecule has 0 aromatic heterocycles. The molecule has 84 valence electrons. The zero-order valence-corrected chi connectivity index (χ0v) is 9.12. The fourth-order valence-electron chi connectivity index (χ4n) is 3.63. The molecule has 0 aliphatic heterocycles. The number of aliphatic hydroxyl groups excluding tert-OH is 1. The third kappa shape index (κ3) is 1.36. The average molecular weight is 216 g/mol. The minimum Gasteiger partial charge on any atom is -0.389 e. The predicted octanol–water partition coefficient (Wildman–Crippen LogP) is 1.37. The van der Waals surface area contributed by atoms with E-state index in [9.17, 15) is 5.11 Å². The number of hydrogen-bond donors (Lipinski definition) is 1. The second-order valence-electron chi connectivity index (χ2n) is 4.96. The van der Waals surface area contributed by atoms with Crippen LogP contribution in [-0.4, -0.2) is 23.9 Å². The van der Waals surface area contributed by atoms with Crippen molar-refractivity contribution in [1.29, 1.82) is 0 Å². The van der Waals surface area contributed by atoms with Gasteiger partial charge in [0.05, 0.1) is 12.2 Å². The van der Waals surface area contributed by atoms with Crippen molar-refractivity contribution < 1.29 is 9.84 Å². The summed E-state index contributed by atoms with van der Waals surface area (Å²) < 4.78 is 5.68. The van der Waals surface area contributed by atoms with Gasteiger partial charge in [0.15, 0.2) is 0 Å². The molecule has 1 fully saturated rings. The van der Waals surface area contributed by atoms with Gasteiger partial charge in [0, 0.05) is 11.8 Å². The molecule has 0 spiro atoms. The molecule has 0 aromatic rings. The lowest BCUT2D eigenvalue weighted by atomic mass is 9.73. The second-order valence-corrected chi connectivity index (χ2v) is 4.96. The van der Waals surface area contributed by atoms with Crippen LogP contribution in [0.3, 0.4) is 0 Å². The van der Waals surface area contributed by atoms with E-state index in [0.29, 0.717) is 30.3 Å². The molecule has 2 bridgehead atoms. The lowest BCUT2D eigenvalue weighted by molar-refractivity contribution is -0.00639. The Labute approximate surface area is 96.0 Å². The van der Waals surface area contributed by atoms with Gasteiger partial charge >= 0.3 is 0 Å². The lowest BCUT2D eigenvalue weighted by Gasteiger charge is -2.38. The zero-order valence-electron chi connectivity index (χ0n) is 9.12. The molecule has 3 rings (SSSR count). The van der Waals surface area contributed by atoms with E-state index in [2.05, 4.69) is 18.1 Å². The first-order valence-corrected chi connectivity index (χ1v) is 5.91. The van der Waals surface area contributed by atoms with Crippen molar-refractivity contribution in [3.05, 3.63) is 24.3 Å². The summed E-state index contributed by atoms with van der Waals surface area (Å²) >= 11 is 0. The van der Waals surface area contributed by atoms with E-state index in [4.69, 9.17) is 11.2 Å². The van der Waals surface area contributed by atoms with E-state index in [0.717, 1.165) is 0 Å². The Bertz CT molecular complexity index is 377. The Hall–Kier alpha value is -1.04. The number of aliphatic hydroxyl groups is 1. The van der Waals surface area contributed by atoms with Crippen molar-refractivity contribution in [2.24, 2.45) is 23.7 Å². The molecule has 0 unspecified atom stereocenters. The van der Waals surface area contributed by atoms with Gasteiger partial charge < -0.3 is 9.84 Å². The summed E-state index contributed by atoms with van der Waals surface area (Å²) in [6.07, 6.45) is 14.6. The van der Waals surface area contributed by atoms with Gasteiger partial charge in [-0.2, -0.15) is 0 Å². The van der Waals surface area contributed by atoms with Crippen LogP contribution < -0.4 is 0 Å². The van der Waals surface area contributed by atoms with Crippen LogP contribution in [-0.2, 0) is 4.74 Å². The highest BCUT2D eigenvalue weighted by Gasteiger charge is 2.51. The molecule has 3 aliphatic rings. The second kappa shape index (κ2) is 3.76. The van der Waals surface area contributed by atoms with Crippen molar-refractivity contribution in [3.8, 4) is 12.3 Å². The molecule has 2 heteroatoms. The van der Waals surface area contributed by atoms with Gasteiger partial charge in [0.1, 0.15) is 6.61 Å². The Balaban J connectivity index is 1.84. The van der Waals surface area contributed by atoms with E-state index < -0.39 is 0 Å². The Morgan fingerprint density at radius 2 is 1.94 bits per heavy atom. The third-order valence-corrected chi connectivity index (χ3v) is 4.21. The molecule has 16 heavy (non-hydrogen) atoms. The van der Waals surface area contributed by atoms with Crippen LogP contribution in [0.2, 0.25) is 0 Å². The highest BCUT2D eigenvalue weighted by molar-refractivity contribution is 5.22. The lowest BCUT2D eigenvalue weighted by Crippen LogP contribution is -2.41. The smallest absolute Gasteiger partial charge is 0.108 e. The number of rotatable bonds is 2. The normalized spacial score (nSPS) is 48.0. The van der Waals surface area contributed by atoms with Crippen molar-refractivity contribution in [3.63, 3.8) is 0 Å². The molecule has 3 aliphatic carbocycles. The minimum atomic E-state index is -0.310. The maximum absolute atomic E-state index is 10.0. The van der Waals surface area contributed by atoms with E-state index in [1.54, 1.807) is 0 Å². The summed E-state index contributed by atoms with van der Waals surface area (Å²) in [5.41, 5.74) is 0. The average Bonchev–Trinajstić information content (AvgIpc) is 2.89. The first-order valence-electron chi connectivity index (χ1n) is 5.91. The number of allylic oxidation sites excluding steroid dienone is 2. The maximum atomic E-state index is 10.0. The summed E-state index contributed by atoms with van der Waals surface area (Å²) in [6.45, 7) is 0.357. The summed E-state index contributed by atoms with van der Waals surface area (Å²) in [5, 5.41) is 10.0. The van der Waals surface area contributed by atoms with Crippen LogP contribution in [0.15, 0.2) is 24.3 Å². The minimum absolute atomic E-state index is 0.0874. The van der Waals surface area contributed by atoms with E-state index in [-0.39, 0.29) is 12.2 Å². The molecule has 1 saturated carbocycles. The van der Waals surface area contributed by atoms with E-state index >= 15 is 0 Å². The van der Waals surface area contributed by atoms with Gasteiger partial charge in [-0.3, -0.25) is 0 Å². The highest BCUT2D eigenvalue weighted by atomic mass is 16.5. The van der Waals surface area contributed by atoms with Crippen molar-refractivity contribution in [2.75, 3.05) is 6.61 Å². The first-order chi connectivity index (χ1) is 7.81. The molecule has 2 nitrogen and oxygen atoms in total. The monoisotopic (exact) mass is 216 g/mol. The fourth-order valence-corrected chi connectivity index (χ4v) is 3.63. The topological polar surface area (TPSA) is 29.5 Å². The Kier molecular flexibility index (Phi) is 2.38. The van der Waals surface area contributed by atoms with Crippen molar-refractivity contribution >= 4 is 0 Å². The Morgan fingerprint density at radius 1 is 1.19 bits per heavy atom. The molecular weight excluding hydrogens is 200 g/mol. The van der Waals surface area contributed by atoms with Crippen LogP contribution in [0, 0.1) is 36.0 Å². The zero-order chi connectivity index (χ0) is 11.1. The van der Waals surface area contributed by atoms with Gasteiger partial charge in [-0.05, 0) is 18.3 Å². The molecular formula is C14H16O2. The molecule has 0 aromatic carbocycles. The molecule has 1 N–H and O–H groups in total. The van der Waals surface area contributed by atoms with Gasteiger partial charge in [0.25, 0.3) is 0 Å². The van der Waals surface area contributed by atoms with Gasteiger partial charge in [-0.25, -0.2) is 0 Å². The SMILES string of the molecule is C#CCO[C@H]1C=C[C@@H](O)[C@@H]2[C@H]1[C@@H]1C=C[C@H]2C1. The molecule has 0 amide bonds. The number of fused-ring (bicyclic) bond motifs is 5. The van der Waals surface area contributed by atoms with Crippen molar-refractivity contribution in [1.82, 2.24) is 0 Å². The number of ether oxygens (including phenoxy) is 1. The first kappa shape index (κ1) is 10.1.